The molecular weight excluding hydrogens is 450 g/mol. The van der Waals surface area contributed by atoms with Gasteiger partial charge >= 0.3 is 0 Å². The fourth-order valence-corrected chi connectivity index (χ4v) is 4.02. The number of sulfonamides is 1. The summed E-state index contributed by atoms with van der Waals surface area (Å²) in [5, 5.41) is 3.94. The molecule has 0 spiro atoms. The van der Waals surface area contributed by atoms with Crippen molar-refractivity contribution in [2.75, 3.05) is 17.1 Å². The lowest BCUT2D eigenvalue weighted by molar-refractivity contribution is -0.119. The quantitative estimate of drug-likeness (QED) is 0.347. The topological polar surface area (TPSA) is 88.1 Å². The number of nitrogens with one attached hydrogen (secondary N) is 1. The van der Waals surface area contributed by atoms with Gasteiger partial charge in [-0.25, -0.2) is 13.8 Å². The Morgan fingerprint density at radius 1 is 1.00 bits per heavy atom. The van der Waals surface area contributed by atoms with Crippen molar-refractivity contribution in [1.29, 1.82) is 0 Å². The van der Waals surface area contributed by atoms with Gasteiger partial charge < -0.3 is 4.74 Å². The van der Waals surface area contributed by atoms with Crippen molar-refractivity contribution in [3.05, 3.63) is 95.6 Å². The van der Waals surface area contributed by atoms with Gasteiger partial charge in [-0.1, -0.05) is 56.3 Å². The van der Waals surface area contributed by atoms with E-state index in [1.165, 1.54) is 6.21 Å². The summed E-state index contributed by atoms with van der Waals surface area (Å²) in [5.74, 6) is 0.498. The molecule has 3 aromatic carbocycles. The fourth-order valence-electron chi connectivity index (χ4n) is 3.16. The van der Waals surface area contributed by atoms with Crippen LogP contribution in [-0.4, -0.2) is 33.3 Å². The predicted octanol–water partition coefficient (Wildman–Crippen LogP) is 4.31. The molecule has 34 heavy (non-hydrogen) atoms. The molecule has 7 nitrogen and oxygen atoms in total. The number of nitrogens with zero attached hydrogens (tertiary/aromatic N) is 2. The molecule has 3 rings (SSSR count). The maximum Gasteiger partial charge on any atom is 0.260 e. The van der Waals surface area contributed by atoms with E-state index < -0.39 is 15.9 Å². The Morgan fingerprint density at radius 2 is 1.65 bits per heavy atom. The molecular formula is C26H29N3O4S. The van der Waals surface area contributed by atoms with Crippen LogP contribution in [-0.2, 0) is 21.4 Å². The van der Waals surface area contributed by atoms with Gasteiger partial charge in [-0.15, -0.1) is 0 Å². The molecule has 178 valence electrons. The highest BCUT2D eigenvalue weighted by atomic mass is 32.2. The van der Waals surface area contributed by atoms with E-state index in [0.717, 1.165) is 33.0 Å². The maximum absolute atomic E-state index is 12.4. The van der Waals surface area contributed by atoms with Crippen LogP contribution in [0.25, 0.3) is 0 Å². The minimum Gasteiger partial charge on any atom is -0.489 e. The van der Waals surface area contributed by atoms with Gasteiger partial charge in [0.05, 0.1) is 18.2 Å². The molecule has 8 heteroatoms. The van der Waals surface area contributed by atoms with Crippen LogP contribution >= 0.6 is 0 Å². The van der Waals surface area contributed by atoms with Gasteiger partial charge in [-0.3, -0.25) is 9.10 Å². The number of hydrogen-bond donors (Lipinski definition) is 1. The van der Waals surface area contributed by atoms with Gasteiger partial charge in [0.25, 0.3) is 5.91 Å². The summed E-state index contributed by atoms with van der Waals surface area (Å²) in [5.41, 5.74) is 5.74. The van der Waals surface area contributed by atoms with E-state index >= 15 is 0 Å². The lowest BCUT2D eigenvalue weighted by Gasteiger charge is -2.21. The van der Waals surface area contributed by atoms with Crippen LogP contribution in [0.1, 0.15) is 36.5 Å². The fraction of sp³-hybridized carbons (Fsp3) is 0.231. The molecule has 0 heterocycles. The van der Waals surface area contributed by atoms with Crippen molar-refractivity contribution in [3.8, 4) is 5.75 Å². The molecule has 0 saturated carbocycles. The molecule has 1 amide bonds. The number of rotatable bonds is 10. The first-order valence-electron chi connectivity index (χ1n) is 10.9. The minimum atomic E-state index is -3.65. The Kier molecular flexibility index (Phi) is 8.43. The minimum absolute atomic E-state index is 0.322. The van der Waals surface area contributed by atoms with Crippen molar-refractivity contribution in [2.24, 2.45) is 5.10 Å². The Balaban J connectivity index is 1.55. The highest BCUT2D eigenvalue weighted by molar-refractivity contribution is 7.92. The average Bonchev–Trinajstić information content (AvgIpc) is 2.82. The summed E-state index contributed by atoms with van der Waals surface area (Å²) in [6.07, 6.45) is 2.56. The van der Waals surface area contributed by atoms with E-state index in [1.807, 2.05) is 66.7 Å². The largest absolute Gasteiger partial charge is 0.489 e. The van der Waals surface area contributed by atoms with E-state index in [0.29, 0.717) is 18.2 Å². The lowest BCUT2D eigenvalue weighted by atomic mass is 10.0. The van der Waals surface area contributed by atoms with Gasteiger partial charge in [0.1, 0.15) is 18.9 Å². The number of hydrogen-bond acceptors (Lipinski definition) is 5. The summed E-state index contributed by atoms with van der Waals surface area (Å²) >= 11 is 0. The van der Waals surface area contributed by atoms with Crippen molar-refractivity contribution in [1.82, 2.24) is 5.43 Å². The molecule has 0 radical (unpaired) electrons. The third-order valence-electron chi connectivity index (χ3n) is 5.07. The van der Waals surface area contributed by atoms with Crippen LogP contribution in [0, 0.1) is 0 Å². The number of carbonyl (C=O) groups is 1. The molecule has 0 atom stereocenters. The van der Waals surface area contributed by atoms with Crippen LogP contribution in [0.3, 0.4) is 0 Å². The first-order valence-corrected chi connectivity index (χ1v) is 12.7. The molecule has 0 aliphatic carbocycles. The third kappa shape index (κ3) is 7.45. The van der Waals surface area contributed by atoms with Gasteiger partial charge in [-0.05, 0) is 59.0 Å². The summed E-state index contributed by atoms with van der Waals surface area (Å²) in [6.45, 7) is 4.21. The van der Waals surface area contributed by atoms with Gasteiger partial charge in [0, 0.05) is 0 Å². The second-order valence-corrected chi connectivity index (χ2v) is 10.1. The van der Waals surface area contributed by atoms with Gasteiger partial charge in [0.2, 0.25) is 10.0 Å². The van der Waals surface area contributed by atoms with Crippen molar-refractivity contribution in [2.45, 2.75) is 26.4 Å². The molecule has 0 bridgehead atoms. The molecule has 0 unspecified atom stereocenters. The average molecular weight is 480 g/mol. The van der Waals surface area contributed by atoms with Crippen LogP contribution in [0.2, 0.25) is 0 Å². The molecule has 0 aliphatic heterocycles. The van der Waals surface area contributed by atoms with Gasteiger partial charge in [0.15, 0.2) is 0 Å². The zero-order chi connectivity index (χ0) is 24.6. The number of hydrazone groups is 1. The third-order valence-corrected chi connectivity index (χ3v) is 6.21. The van der Waals surface area contributed by atoms with Crippen molar-refractivity contribution < 1.29 is 17.9 Å². The molecule has 0 aromatic heterocycles. The highest BCUT2D eigenvalue weighted by Crippen LogP contribution is 2.22. The highest BCUT2D eigenvalue weighted by Gasteiger charge is 2.20. The standard InChI is InChI=1S/C26H29N3O4S/c1-20(2)23-11-13-24(14-12-23)29(34(3,31)32)18-26(30)28-27-17-21-9-15-25(16-10-21)33-19-22-7-5-4-6-8-22/h4-17,20H,18-19H2,1-3H3,(H,28,30)/b27-17-. The number of carbonyl (C=O) groups excluding carboxylic acids is 1. The van der Waals surface area contributed by atoms with E-state index in [2.05, 4.69) is 24.4 Å². The summed E-state index contributed by atoms with van der Waals surface area (Å²) in [7, 11) is -3.65. The first-order chi connectivity index (χ1) is 16.2. The summed E-state index contributed by atoms with van der Waals surface area (Å²) in [6, 6.07) is 24.3. The van der Waals surface area contributed by atoms with Gasteiger partial charge in [-0.2, -0.15) is 5.10 Å². The SMILES string of the molecule is CC(C)c1ccc(N(CC(=O)N/N=C\c2ccc(OCc3ccccc3)cc2)S(C)(=O)=O)cc1. The second-order valence-electron chi connectivity index (χ2n) is 8.15. The second kappa shape index (κ2) is 11.5. The molecule has 0 saturated heterocycles. The van der Waals surface area contributed by atoms with E-state index in [1.54, 1.807) is 12.1 Å². The van der Waals surface area contributed by atoms with E-state index in [4.69, 9.17) is 4.74 Å². The Bertz CT molecular complexity index is 1210. The number of ether oxygens (including phenoxy) is 1. The zero-order valence-corrected chi connectivity index (χ0v) is 20.3. The zero-order valence-electron chi connectivity index (χ0n) is 19.5. The Labute approximate surface area is 201 Å². The summed E-state index contributed by atoms with van der Waals surface area (Å²) < 4.78 is 31.3. The summed E-state index contributed by atoms with van der Waals surface area (Å²) in [4.78, 5) is 12.4. The Hall–Kier alpha value is -3.65. The number of benzene rings is 3. The van der Waals surface area contributed by atoms with Crippen LogP contribution in [0.5, 0.6) is 5.75 Å². The Morgan fingerprint density at radius 3 is 2.24 bits per heavy atom. The monoisotopic (exact) mass is 479 g/mol. The normalized spacial score (nSPS) is 11.5. The molecule has 1 N–H and O–H groups in total. The number of amides is 1. The first kappa shape index (κ1) is 25.0. The predicted molar refractivity (Wildman–Crippen MR) is 136 cm³/mol. The molecule has 0 fully saturated rings. The lowest BCUT2D eigenvalue weighted by Crippen LogP contribution is -2.39. The molecule has 0 aliphatic rings. The van der Waals surface area contributed by atoms with Crippen LogP contribution in [0.15, 0.2) is 84.0 Å². The van der Waals surface area contributed by atoms with Crippen molar-refractivity contribution in [3.63, 3.8) is 0 Å². The molecule has 3 aromatic rings. The van der Waals surface area contributed by atoms with E-state index in [-0.39, 0.29) is 6.54 Å². The van der Waals surface area contributed by atoms with Crippen LogP contribution in [0.4, 0.5) is 5.69 Å². The van der Waals surface area contributed by atoms with E-state index in [9.17, 15) is 13.2 Å². The van der Waals surface area contributed by atoms with Crippen LogP contribution < -0.4 is 14.5 Å². The van der Waals surface area contributed by atoms with Crippen molar-refractivity contribution >= 4 is 27.8 Å². The number of anilines is 1. The maximum atomic E-state index is 12.4. The smallest absolute Gasteiger partial charge is 0.260 e.